The Morgan fingerprint density at radius 3 is 2.86 bits per heavy atom. The zero-order valence-electron chi connectivity index (χ0n) is 8.66. The van der Waals surface area contributed by atoms with Crippen LogP contribution in [-0.2, 0) is 11.2 Å². The number of fused-ring (bicyclic) bond motifs is 1. The Bertz CT molecular complexity index is 359. The molecule has 1 aliphatic carbocycles. The van der Waals surface area contributed by atoms with E-state index in [0.29, 0.717) is 6.04 Å². The van der Waals surface area contributed by atoms with Crippen molar-refractivity contribution >= 4 is 5.91 Å². The van der Waals surface area contributed by atoms with E-state index in [-0.39, 0.29) is 5.91 Å². The summed E-state index contributed by atoms with van der Waals surface area (Å²) in [5.74, 6) is 0.145. The molecule has 2 rings (SSSR count). The van der Waals surface area contributed by atoms with E-state index in [0.717, 1.165) is 12.8 Å². The fourth-order valence-electron chi connectivity index (χ4n) is 2.16. The molecule has 0 saturated carbocycles. The molecule has 0 aliphatic heterocycles. The zero-order valence-corrected chi connectivity index (χ0v) is 8.66. The molecule has 0 spiro atoms. The van der Waals surface area contributed by atoms with E-state index in [1.54, 1.807) is 6.92 Å². The van der Waals surface area contributed by atoms with E-state index in [9.17, 15) is 4.79 Å². The second-order valence-corrected chi connectivity index (χ2v) is 3.88. The summed E-state index contributed by atoms with van der Waals surface area (Å²) in [4.78, 5) is 13.1. The Hall–Kier alpha value is -1.31. The molecule has 1 amide bonds. The maximum atomic E-state index is 11.3. The molecule has 74 valence electrons. The van der Waals surface area contributed by atoms with Crippen molar-refractivity contribution in [2.75, 3.05) is 7.05 Å². The van der Waals surface area contributed by atoms with Crippen LogP contribution >= 0.6 is 0 Å². The van der Waals surface area contributed by atoms with Gasteiger partial charge in [0.15, 0.2) is 0 Å². The number of aryl methyl sites for hydroxylation is 1. The third kappa shape index (κ3) is 1.41. The normalized spacial score (nSPS) is 19.1. The highest BCUT2D eigenvalue weighted by atomic mass is 16.2. The van der Waals surface area contributed by atoms with Crippen LogP contribution in [0.2, 0.25) is 0 Å². The first kappa shape index (κ1) is 9.25. The second-order valence-electron chi connectivity index (χ2n) is 3.88. The highest BCUT2D eigenvalue weighted by Crippen LogP contribution is 2.34. The van der Waals surface area contributed by atoms with Crippen LogP contribution in [0.4, 0.5) is 0 Å². The molecule has 0 fully saturated rings. The highest BCUT2D eigenvalue weighted by Gasteiger charge is 2.26. The SMILES string of the molecule is CC(=O)N(C)[C@@H]1CCc2ccccc21. The average Bonchev–Trinajstić information content (AvgIpc) is 2.60. The molecule has 2 heteroatoms. The summed E-state index contributed by atoms with van der Waals surface area (Å²) in [5, 5.41) is 0. The summed E-state index contributed by atoms with van der Waals surface area (Å²) in [7, 11) is 1.88. The lowest BCUT2D eigenvalue weighted by atomic mass is 10.1. The van der Waals surface area contributed by atoms with E-state index in [2.05, 4.69) is 18.2 Å². The Kier molecular flexibility index (Phi) is 2.28. The van der Waals surface area contributed by atoms with Gasteiger partial charge in [-0.1, -0.05) is 24.3 Å². The lowest BCUT2D eigenvalue weighted by molar-refractivity contribution is -0.129. The van der Waals surface area contributed by atoms with E-state index < -0.39 is 0 Å². The van der Waals surface area contributed by atoms with Crippen molar-refractivity contribution < 1.29 is 4.79 Å². The summed E-state index contributed by atoms with van der Waals surface area (Å²) < 4.78 is 0. The van der Waals surface area contributed by atoms with Crippen molar-refractivity contribution in [3.63, 3.8) is 0 Å². The van der Waals surface area contributed by atoms with Gasteiger partial charge in [0, 0.05) is 14.0 Å². The van der Waals surface area contributed by atoms with Crippen molar-refractivity contribution in [2.24, 2.45) is 0 Å². The number of hydrogen-bond acceptors (Lipinski definition) is 1. The number of benzene rings is 1. The minimum absolute atomic E-state index is 0.145. The second kappa shape index (κ2) is 3.45. The minimum Gasteiger partial charge on any atom is -0.339 e. The van der Waals surface area contributed by atoms with E-state index in [4.69, 9.17) is 0 Å². The smallest absolute Gasteiger partial charge is 0.219 e. The molecule has 0 heterocycles. The summed E-state index contributed by atoms with van der Waals surface area (Å²) in [5.41, 5.74) is 2.72. The molecule has 2 nitrogen and oxygen atoms in total. The van der Waals surface area contributed by atoms with Gasteiger partial charge in [-0.05, 0) is 24.0 Å². The molecule has 1 atom stereocenters. The molecule has 0 aromatic heterocycles. The molecule has 1 aliphatic rings. The summed E-state index contributed by atoms with van der Waals surface area (Å²) in [6.45, 7) is 1.63. The van der Waals surface area contributed by atoms with Crippen LogP contribution in [0.3, 0.4) is 0 Å². The van der Waals surface area contributed by atoms with Crippen LogP contribution in [0.15, 0.2) is 24.3 Å². The number of carbonyl (C=O) groups excluding carboxylic acids is 1. The highest BCUT2D eigenvalue weighted by molar-refractivity contribution is 5.73. The third-order valence-electron chi connectivity index (χ3n) is 3.07. The van der Waals surface area contributed by atoms with Gasteiger partial charge in [-0.25, -0.2) is 0 Å². The Labute approximate surface area is 84.5 Å². The monoisotopic (exact) mass is 189 g/mol. The van der Waals surface area contributed by atoms with Crippen molar-refractivity contribution in [2.45, 2.75) is 25.8 Å². The van der Waals surface area contributed by atoms with E-state index in [1.165, 1.54) is 11.1 Å². The Morgan fingerprint density at radius 2 is 2.14 bits per heavy atom. The molecule has 0 bridgehead atoms. The van der Waals surface area contributed by atoms with Gasteiger partial charge in [-0.3, -0.25) is 4.79 Å². The van der Waals surface area contributed by atoms with Gasteiger partial charge in [0.2, 0.25) is 5.91 Å². The lowest BCUT2D eigenvalue weighted by Crippen LogP contribution is -2.27. The molecule has 1 aromatic carbocycles. The number of nitrogens with zero attached hydrogens (tertiary/aromatic N) is 1. The van der Waals surface area contributed by atoms with E-state index >= 15 is 0 Å². The van der Waals surface area contributed by atoms with Gasteiger partial charge in [0.1, 0.15) is 0 Å². The van der Waals surface area contributed by atoms with Crippen molar-refractivity contribution in [3.05, 3.63) is 35.4 Å². The predicted octanol–water partition coefficient (Wildman–Crippen LogP) is 2.15. The zero-order chi connectivity index (χ0) is 10.1. The summed E-state index contributed by atoms with van der Waals surface area (Å²) in [6.07, 6.45) is 2.16. The van der Waals surface area contributed by atoms with Crippen LogP contribution < -0.4 is 0 Å². The first-order valence-electron chi connectivity index (χ1n) is 5.01. The number of hydrogen-bond donors (Lipinski definition) is 0. The van der Waals surface area contributed by atoms with Gasteiger partial charge in [0.25, 0.3) is 0 Å². The molecule has 1 aromatic rings. The van der Waals surface area contributed by atoms with Gasteiger partial charge < -0.3 is 4.90 Å². The average molecular weight is 189 g/mol. The fraction of sp³-hybridized carbons (Fsp3) is 0.417. The molecule has 14 heavy (non-hydrogen) atoms. The van der Waals surface area contributed by atoms with Crippen LogP contribution in [-0.4, -0.2) is 17.9 Å². The van der Waals surface area contributed by atoms with Crippen molar-refractivity contribution in [1.29, 1.82) is 0 Å². The van der Waals surface area contributed by atoms with Gasteiger partial charge in [-0.2, -0.15) is 0 Å². The maximum Gasteiger partial charge on any atom is 0.219 e. The number of rotatable bonds is 1. The largest absolute Gasteiger partial charge is 0.339 e. The first-order chi connectivity index (χ1) is 6.70. The molecular formula is C12H15NO. The lowest BCUT2D eigenvalue weighted by Gasteiger charge is -2.23. The maximum absolute atomic E-state index is 11.3. The molecular weight excluding hydrogens is 174 g/mol. The van der Waals surface area contributed by atoms with Crippen LogP contribution in [0, 0.1) is 0 Å². The summed E-state index contributed by atoms with van der Waals surface area (Å²) >= 11 is 0. The third-order valence-corrected chi connectivity index (χ3v) is 3.07. The Morgan fingerprint density at radius 1 is 1.43 bits per heavy atom. The molecule has 0 saturated heterocycles. The quantitative estimate of drug-likeness (QED) is 0.663. The van der Waals surface area contributed by atoms with Crippen LogP contribution in [0.25, 0.3) is 0 Å². The van der Waals surface area contributed by atoms with Crippen molar-refractivity contribution in [3.8, 4) is 0 Å². The van der Waals surface area contributed by atoms with Crippen LogP contribution in [0.1, 0.15) is 30.5 Å². The van der Waals surface area contributed by atoms with Gasteiger partial charge in [-0.15, -0.1) is 0 Å². The van der Waals surface area contributed by atoms with Gasteiger partial charge >= 0.3 is 0 Å². The minimum atomic E-state index is 0.145. The van der Waals surface area contributed by atoms with Crippen LogP contribution in [0.5, 0.6) is 0 Å². The molecule has 0 unspecified atom stereocenters. The topological polar surface area (TPSA) is 20.3 Å². The standard InChI is InChI=1S/C12H15NO/c1-9(14)13(2)12-8-7-10-5-3-4-6-11(10)12/h3-6,12H,7-8H2,1-2H3/t12-/m1/s1. The molecule has 0 N–H and O–H groups in total. The van der Waals surface area contributed by atoms with Gasteiger partial charge in [0.05, 0.1) is 6.04 Å². The summed E-state index contributed by atoms with van der Waals surface area (Å²) in [6, 6.07) is 8.69. The number of amides is 1. The Balaban J connectivity index is 2.30. The predicted molar refractivity (Wildman–Crippen MR) is 55.9 cm³/mol. The fourth-order valence-corrected chi connectivity index (χ4v) is 2.16. The van der Waals surface area contributed by atoms with Crippen molar-refractivity contribution in [1.82, 2.24) is 4.90 Å². The molecule has 0 radical (unpaired) electrons. The van der Waals surface area contributed by atoms with E-state index in [1.807, 2.05) is 18.0 Å². The number of carbonyl (C=O) groups is 1. The first-order valence-corrected chi connectivity index (χ1v) is 5.01.